The third kappa shape index (κ3) is 5.64. The van der Waals surface area contributed by atoms with Crippen molar-refractivity contribution in [1.29, 1.82) is 0 Å². The normalized spacial score (nSPS) is 11.4. The Labute approximate surface area is 108 Å². The summed E-state index contributed by atoms with van der Waals surface area (Å²) >= 11 is 1.83. The van der Waals surface area contributed by atoms with Crippen molar-refractivity contribution in [3.05, 3.63) is 21.4 Å². The molecule has 0 aliphatic rings. The molecule has 17 heavy (non-hydrogen) atoms. The number of thiophene rings is 1. The van der Waals surface area contributed by atoms with Gasteiger partial charge in [-0.3, -0.25) is 0 Å². The predicted molar refractivity (Wildman–Crippen MR) is 72.6 cm³/mol. The maximum absolute atomic E-state index is 5.60. The summed E-state index contributed by atoms with van der Waals surface area (Å²) in [6.07, 6.45) is 0.281. The highest BCUT2D eigenvalue weighted by atomic mass is 32.1. The summed E-state index contributed by atoms with van der Waals surface area (Å²) in [5.74, 6) is 0. The fourth-order valence-electron chi connectivity index (χ4n) is 1.52. The number of hydrogen-bond acceptors (Lipinski definition) is 4. The third-order valence-corrected chi connectivity index (χ3v) is 3.45. The molecule has 0 unspecified atom stereocenters. The summed E-state index contributed by atoms with van der Waals surface area (Å²) in [5, 5.41) is 3.16. The first-order valence-corrected chi connectivity index (χ1v) is 6.87. The van der Waals surface area contributed by atoms with Gasteiger partial charge >= 0.3 is 0 Å². The Kier molecular flexibility index (Phi) is 6.73. The molecule has 4 heteroatoms. The topological polar surface area (TPSA) is 30.5 Å². The van der Waals surface area contributed by atoms with Crippen LogP contribution in [0.1, 0.15) is 29.2 Å². The molecule has 0 aliphatic heterocycles. The molecule has 0 saturated heterocycles. The van der Waals surface area contributed by atoms with Gasteiger partial charge in [-0.05, 0) is 39.4 Å². The summed E-state index contributed by atoms with van der Waals surface area (Å²) in [6, 6.07) is 2.22. The Balaban J connectivity index is 2.26. The number of rotatable bonds is 8. The van der Waals surface area contributed by atoms with Crippen molar-refractivity contribution < 1.29 is 9.47 Å². The van der Waals surface area contributed by atoms with Crippen LogP contribution in [0.25, 0.3) is 0 Å². The van der Waals surface area contributed by atoms with Gasteiger partial charge in [-0.1, -0.05) is 0 Å². The van der Waals surface area contributed by atoms with E-state index in [-0.39, 0.29) is 6.10 Å². The van der Waals surface area contributed by atoms with Crippen molar-refractivity contribution in [2.75, 3.05) is 20.3 Å². The molecular weight excluding hydrogens is 234 g/mol. The first-order valence-electron chi connectivity index (χ1n) is 6.05. The van der Waals surface area contributed by atoms with E-state index in [9.17, 15) is 0 Å². The molecule has 0 saturated carbocycles. The number of hydrogen-bond donors (Lipinski definition) is 1. The summed E-state index contributed by atoms with van der Waals surface area (Å²) in [6.45, 7) is 9.17. The summed E-state index contributed by atoms with van der Waals surface area (Å²) in [4.78, 5) is 2.71. The van der Waals surface area contributed by atoms with E-state index >= 15 is 0 Å². The molecule has 0 aromatic carbocycles. The minimum absolute atomic E-state index is 0.281. The van der Waals surface area contributed by atoms with Gasteiger partial charge in [0.25, 0.3) is 0 Å². The van der Waals surface area contributed by atoms with Crippen LogP contribution in [0.3, 0.4) is 0 Å². The monoisotopic (exact) mass is 257 g/mol. The van der Waals surface area contributed by atoms with Crippen LogP contribution in [0.5, 0.6) is 0 Å². The maximum atomic E-state index is 5.60. The summed E-state index contributed by atoms with van der Waals surface area (Å²) < 4.78 is 11.0. The molecule has 0 spiro atoms. The predicted octanol–water partition coefficient (Wildman–Crippen LogP) is 2.72. The molecule has 0 fully saturated rings. The molecule has 1 rings (SSSR count). The third-order valence-electron chi connectivity index (χ3n) is 2.36. The molecule has 1 N–H and O–H groups in total. The lowest BCUT2D eigenvalue weighted by Gasteiger charge is -2.07. The molecule has 0 amide bonds. The summed E-state index contributed by atoms with van der Waals surface area (Å²) in [5.41, 5.74) is 1.30. The van der Waals surface area contributed by atoms with E-state index in [1.165, 1.54) is 15.3 Å². The van der Waals surface area contributed by atoms with Gasteiger partial charge in [0.05, 0.1) is 25.9 Å². The lowest BCUT2D eigenvalue weighted by atomic mass is 10.2. The highest BCUT2D eigenvalue weighted by Gasteiger charge is 2.05. The first kappa shape index (κ1) is 14.6. The molecule has 0 radical (unpaired) electrons. The highest BCUT2D eigenvalue weighted by molar-refractivity contribution is 7.12. The quantitative estimate of drug-likeness (QED) is 0.726. The second-order valence-electron chi connectivity index (χ2n) is 4.30. The Morgan fingerprint density at radius 2 is 2.12 bits per heavy atom. The second-order valence-corrected chi connectivity index (χ2v) is 5.64. The molecule has 0 aliphatic carbocycles. The molecule has 1 aromatic rings. The fourth-order valence-corrected chi connectivity index (χ4v) is 2.58. The van der Waals surface area contributed by atoms with Crippen molar-refractivity contribution in [3.8, 4) is 0 Å². The van der Waals surface area contributed by atoms with Crippen LogP contribution in [0.4, 0.5) is 0 Å². The zero-order valence-electron chi connectivity index (χ0n) is 11.2. The smallest absolute Gasteiger partial charge is 0.0728 e. The van der Waals surface area contributed by atoms with Gasteiger partial charge in [0.15, 0.2) is 0 Å². The van der Waals surface area contributed by atoms with Crippen LogP contribution < -0.4 is 5.32 Å². The Hall–Kier alpha value is -0.420. The van der Waals surface area contributed by atoms with E-state index < -0.39 is 0 Å². The molecule has 0 atom stereocenters. The van der Waals surface area contributed by atoms with E-state index in [0.717, 1.165) is 6.54 Å². The minimum Gasteiger partial charge on any atom is -0.376 e. The van der Waals surface area contributed by atoms with Crippen LogP contribution in [0.15, 0.2) is 6.07 Å². The van der Waals surface area contributed by atoms with Crippen LogP contribution in [0.2, 0.25) is 0 Å². The van der Waals surface area contributed by atoms with Gasteiger partial charge in [0, 0.05) is 16.3 Å². The number of aryl methyl sites for hydroxylation is 1. The molecule has 3 nitrogen and oxygen atoms in total. The van der Waals surface area contributed by atoms with Crippen LogP contribution >= 0.6 is 11.3 Å². The van der Waals surface area contributed by atoms with Crippen molar-refractivity contribution >= 4 is 11.3 Å². The van der Waals surface area contributed by atoms with E-state index in [1.54, 1.807) is 0 Å². The Morgan fingerprint density at radius 3 is 2.76 bits per heavy atom. The lowest BCUT2D eigenvalue weighted by molar-refractivity contribution is 0.0142. The number of nitrogens with one attached hydrogen (secondary N) is 1. The van der Waals surface area contributed by atoms with Crippen molar-refractivity contribution in [1.82, 2.24) is 5.32 Å². The lowest BCUT2D eigenvalue weighted by Crippen LogP contribution is -2.09. The van der Waals surface area contributed by atoms with Crippen molar-refractivity contribution in [2.24, 2.45) is 0 Å². The average Bonchev–Trinajstić information content (AvgIpc) is 2.59. The molecular formula is C13H23NO2S. The van der Waals surface area contributed by atoms with Gasteiger partial charge in [-0.25, -0.2) is 0 Å². The largest absolute Gasteiger partial charge is 0.376 e. The van der Waals surface area contributed by atoms with Crippen LogP contribution in [-0.4, -0.2) is 26.4 Å². The SMILES string of the molecule is CNCc1cc(COCCOC(C)C)c(C)s1. The minimum atomic E-state index is 0.281. The first-order chi connectivity index (χ1) is 8.13. The molecule has 1 heterocycles. The molecule has 0 bridgehead atoms. The number of ether oxygens (including phenoxy) is 2. The molecule has 98 valence electrons. The van der Waals surface area contributed by atoms with Gasteiger partial charge in [0.1, 0.15) is 0 Å². The zero-order valence-corrected chi connectivity index (χ0v) is 12.0. The van der Waals surface area contributed by atoms with Gasteiger partial charge in [0.2, 0.25) is 0 Å². The zero-order chi connectivity index (χ0) is 12.7. The maximum Gasteiger partial charge on any atom is 0.0728 e. The summed E-state index contributed by atoms with van der Waals surface area (Å²) in [7, 11) is 1.97. The van der Waals surface area contributed by atoms with E-state index in [0.29, 0.717) is 19.8 Å². The van der Waals surface area contributed by atoms with Crippen LogP contribution in [0, 0.1) is 6.92 Å². The van der Waals surface area contributed by atoms with E-state index in [4.69, 9.17) is 9.47 Å². The van der Waals surface area contributed by atoms with E-state index in [1.807, 2.05) is 32.2 Å². The van der Waals surface area contributed by atoms with E-state index in [2.05, 4.69) is 18.3 Å². The Bertz CT molecular complexity index is 323. The average molecular weight is 257 g/mol. The fraction of sp³-hybridized carbons (Fsp3) is 0.692. The van der Waals surface area contributed by atoms with Crippen molar-refractivity contribution in [3.63, 3.8) is 0 Å². The second kappa shape index (κ2) is 7.82. The van der Waals surface area contributed by atoms with Crippen molar-refractivity contribution in [2.45, 2.75) is 40.0 Å². The highest BCUT2D eigenvalue weighted by Crippen LogP contribution is 2.22. The molecule has 1 aromatic heterocycles. The van der Waals surface area contributed by atoms with Gasteiger partial charge in [-0.15, -0.1) is 11.3 Å². The van der Waals surface area contributed by atoms with Crippen LogP contribution in [-0.2, 0) is 22.6 Å². The standard InChI is InChI=1S/C13H23NO2S/c1-10(2)16-6-5-15-9-12-7-13(8-14-4)17-11(12)3/h7,10,14H,5-6,8-9H2,1-4H3. The Morgan fingerprint density at radius 1 is 1.35 bits per heavy atom. The van der Waals surface area contributed by atoms with Gasteiger partial charge in [-0.2, -0.15) is 0 Å². The van der Waals surface area contributed by atoms with Gasteiger partial charge < -0.3 is 14.8 Å².